The number of carbonyl (C=O) groups is 1. The van der Waals surface area contributed by atoms with Crippen LogP contribution in [-0.4, -0.2) is 22.6 Å². The van der Waals surface area contributed by atoms with Gasteiger partial charge in [0, 0.05) is 30.3 Å². The highest BCUT2D eigenvalue weighted by Crippen LogP contribution is 2.26. The van der Waals surface area contributed by atoms with E-state index in [1.165, 1.54) is 0 Å². The Morgan fingerprint density at radius 3 is 3.08 bits per heavy atom. The van der Waals surface area contributed by atoms with Crippen molar-refractivity contribution < 1.29 is 14.3 Å². The van der Waals surface area contributed by atoms with Gasteiger partial charge in [-0.05, 0) is 30.7 Å². The van der Waals surface area contributed by atoms with E-state index in [2.05, 4.69) is 23.3 Å². The summed E-state index contributed by atoms with van der Waals surface area (Å²) in [7, 11) is 0. The third kappa shape index (κ3) is 3.56. The van der Waals surface area contributed by atoms with E-state index in [1.807, 2.05) is 12.2 Å². The van der Waals surface area contributed by atoms with Gasteiger partial charge in [0.25, 0.3) is 0 Å². The zero-order chi connectivity index (χ0) is 16.9. The molecule has 5 heteroatoms. The number of hydrogen-bond acceptors (Lipinski definition) is 4. The summed E-state index contributed by atoms with van der Waals surface area (Å²) in [5.41, 5.74) is 2.75. The van der Waals surface area contributed by atoms with E-state index in [0.717, 1.165) is 36.5 Å². The van der Waals surface area contributed by atoms with Crippen LogP contribution in [0, 0.1) is 0 Å². The van der Waals surface area contributed by atoms with Crippen LogP contribution in [0.5, 0.6) is 0 Å². The highest BCUT2D eigenvalue weighted by molar-refractivity contribution is 5.89. The maximum atomic E-state index is 11.1. The van der Waals surface area contributed by atoms with Crippen LogP contribution in [0.2, 0.25) is 0 Å². The molecule has 1 aromatic carbocycles. The second-order valence-corrected chi connectivity index (χ2v) is 5.70. The van der Waals surface area contributed by atoms with Crippen LogP contribution < -0.4 is 5.32 Å². The van der Waals surface area contributed by atoms with Gasteiger partial charge in [-0.15, -0.1) is 0 Å². The molecule has 1 aliphatic rings. The third-order valence-corrected chi connectivity index (χ3v) is 3.84. The van der Waals surface area contributed by atoms with Crippen molar-refractivity contribution in [2.24, 2.45) is 0 Å². The lowest BCUT2D eigenvalue weighted by molar-refractivity contribution is 0.0697. The van der Waals surface area contributed by atoms with Crippen molar-refractivity contribution >= 4 is 12.0 Å². The lowest BCUT2D eigenvalue weighted by atomic mass is 10.1. The largest absolute Gasteiger partial charge is 0.478 e. The van der Waals surface area contributed by atoms with Gasteiger partial charge in [0.05, 0.1) is 11.3 Å². The molecule has 1 heterocycles. The van der Waals surface area contributed by atoms with Gasteiger partial charge in [0.15, 0.2) is 5.76 Å². The second kappa shape index (κ2) is 7.17. The van der Waals surface area contributed by atoms with Gasteiger partial charge in [0.1, 0.15) is 0 Å². The number of rotatable bonds is 6. The highest BCUT2D eigenvalue weighted by Gasteiger charge is 2.15. The molecule has 1 aromatic heterocycles. The fraction of sp³-hybridized carbons (Fsp3) is 0.263. The topological polar surface area (TPSA) is 75.4 Å². The van der Waals surface area contributed by atoms with Crippen LogP contribution in [0.4, 0.5) is 0 Å². The number of allylic oxidation sites excluding steroid dienone is 2. The molecule has 0 atom stereocenters. The van der Waals surface area contributed by atoms with Crippen LogP contribution in [0.1, 0.15) is 41.6 Å². The van der Waals surface area contributed by atoms with Crippen LogP contribution in [0.25, 0.3) is 17.5 Å². The number of carboxylic acids is 1. The van der Waals surface area contributed by atoms with Crippen molar-refractivity contribution in [3.05, 3.63) is 59.1 Å². The number of unbranched alkanes of at least 4 members (excludes halogenated alkanes) is 1. The molecule has 3 rings (SSSR count). The smallest absolute Gasteiger partial charge is 0.335 e. The average Bonchev–Trinajstić information content (AvgIpc) is 2.88. The molecule has 5 nitrogen and oxygen atoms in total. The minimum absolute atomic E-state index is 0.221. The van der Waals surface area contributed by atoms with Gasteiger partial charge in [-0.1, -0.05) is 25.5 Å². The van der Waals surface area contributed by atoms with Crippen LogP contribution in [0.3, 0.4) is 0 Å². The van der Waals surface area contributed by atoms with Gasteiger partial charge < -0.3 is 14.8 Å². The fourth-order valence-electron chi connectivity index (χ4n) is 2.54. The quantitative estimate of drug-likeness (QED) is 0.789. The normalized spacial score (nSPS) is 13.1. The third-order valence-electron chi connectivity index (χ3n) is 3.84. The minimum Gasteiger partial charge on any atom is -0.478 e. The van der Waals surface area contributed by atoms with Gasteiger partial charge in [-0.2, -0.15) is 0 Å². The molecule has 0 saturated carbocycles. The van der Waals surface area contributed by atoms with E-state index < -0.39 is 5.97 Å². The molecule has 0 fully saturated rings. The summed E-state index contributed by atoms with van der Waals surface area (Å²) < 4.78 is 5.88. The van der Waals surface area contributed by atoms with Crippen LogP contribution in [0.15, 0.2) is 46.5 Å². The predicted octanol–water partition coefficient (Wildman–Crippen LogP) is 3.88. The standard InChI is InChI=1S/C19H20N2O3/c1-2-3-10-20-15-8-5-9-16-17(12-15)24-18(21-16)13-6-4-7-14(11-13)19(22)23/h4-8,11-12,20H,2-3,9-10H2,1H3,(H,22,23). The molecule has 0 radical (unpaired) electrons. The Morgan fingerprint density at radius 2 is 2.29 bits per heavy atom. The lowest BCUT2D eigenvalue weighted by Crippen LogP contribution is -2.12. The molecule has 0 unspecified atom stereocenters. The van der Waals surface area contributed by atoms with Crippen LogP contribution >= 0.6 is 0 Å². The van der Waals surface area contributed by atoms with Crippen molar-refractivity contribution in [2.75, 3.05) is 6.54 Å². The maximum absolute atomic E-state index is 11.1. The summed E-state index contributed by atoms with van der Waals surface area (Å²) in [5.74, 6) is 0.201. The highest BCUT2D eigenvalue weighted by atomic mass is 16.4. The molecule has 2 N–H and O–H groups in total. The summed E-state index contributed by atoms with van der Waals surface area (Å²) in [6, 6.07) is 6.63. The summed E-state index contributed by atoms with van der Waals surface area (Å²) in [6.45, 7) is 3.08. The summed E-state index contributed by atoms with van der Waals surface area (Å²) in [5, 5.41) is 12.5. The molecule has 24 heavy (non-hydrogen) atoms. The van der Waals surface area contributed by atoms with Gasteiger partial charge in [-0.3, -0.25) is 0 Å². The zero-order valence-corrected chi connectivity index (χ0v) is 13.6. The molecule has 2 aromatic rings. The average molecular weight is 324 g/mol. The van der Waals surface area contributed by atoms with Crippen molar-refractivity contribution in [1.29, 1.82) is 0 Å². The number of aromatic carboxylic acids is 1. The maximum Gasteiger partial charge on any atom is 0.335 e. The first-order valence-corrected chi connectivity index (χ1v) is 8.13. The Hall–Kier alpha value is -2.82. The molecule has 0 saturated heterocycles. The first kappa shape index (κ1) is 16.1. The van der Waals surface area contributed by atoms with Crippen molar-refractivity contribution in [3.8, 4) is 11.5 Å². The lowest BCUT2D eigenvalue weighted by Gasteiger charge is -2.04. The van der Waals surface area contributed by atoms with E-state index in [-0.39, 0.29) is 5.56 Å². The van der Waals surface area contributed by atoms with E-state index in [4.69, 9.17) is 9.52 Å². The Morgan fingerprint density at radius 1 is 1.42 bits per heavy atom. The Labute approximate surface area is 140 Å². The Kier molecular flexibility index (Phi) is 4.79. The number of carboxylic acid groups (broad SMARTS) is 1. The van der Waals surface area contributed by atoms with Gasteiger partial charge in [-0.25, -0.2) is 9.78 Å². The number of oxazole rings is 1. The number of benzene rings is 1. The molecular formula is C19H20N2O3. The predicted molar refractivity (Wildman–Crippen MR) is 92.6 cm³/mol. The number of nitrogens with one attached hydrogen (secondary N) is 1. The van der Waals surface area contributed by atoms with E-state index in [0.29, 0.717) is 17.9 Å². The van der Waals surface area contributed by atoms with E-state index in [9.17, 15) is 4.79 Å². The number of fused-ring (bicyclic) bond motifs is 1. The number of hydrogen-bond donors (Lipinski definition) is 2. The van der Waals surface area contributed by atoms with Crippen molar-refractivity contribution in [3.63, 3.8) is 0 Å². The van der Waals surface area contributed by atoms with E-state index in [1.54, 1.807) is 24.3 Å². The molecule has 124 valence electrons. The SMILES string of the molecule is CCCCNC1=Cc2oc(-c3cccc(C(=O)O)c3)nc2CC=C1. The number of nitrogens with zero attached hydrogens (tertiary/aromatic N) is 1. The molecule has 0 amide bonds. The molecule has 0 spiro atoms. The Balaban J connectivity index is 1.88. The van der Waals surface area contributed by atoms with Crippen molar-refractivity contribution in [2.45, 2.75) is 26.2 Å². The molecule has 0 bridgehead atoms. The zero-order valence-electron chi connectivity index (χ0n) is 13.6. The Bertz CT molecular complexity index is 803. The van der Waals surface area contributed by atoms with Gasteiger partial charge in [0.2, 0.25) is 5.89 Å². The summed E-state index contributed by atoms with van der Waals surface area (Å²) in [4.78, 5) is 15.6. The molecule has 0 aliphatic heterocycles. The monoisotopic (exact) mass is 324 g/mol. The first-order chi connectivity index (χ1) is 11.7. The summed E-state index contributed by atoms with van der Waals surface area (Å²) in [6.07, 6.45) is 8.98. The molecule has 1 aliphatic carbocycles. The number of aromatic nitrogens is 1. The summed E-state index contributed by atoms with van der Waals surface area (Å²) >= 11 is 0. The van der Waals surface area contributed by atoms with Gasteiger partial charge >= 0.3 is 5.97 Å². The van der Waals surface area contributed by atoms with Crippen molar-refractivity contribution in [1.82, 2.24) is 10.3 Å². The van der Waals surface area contributed by atoms with E-state index >= 15 is 0 Å². The van der Waals surface area contributed by atoms with Crippen LogP contribution in [-0.2, 0) is 6.42 Å². The second-order valence-electron chi connectivity index (χ2n) is 5.70. The first-order valence-electron chi connectivity index (χ1n) is 8.13. The molecular weight excluding hydrogens is 304 g/mol. The fourth-order valence-corrected chi connectivity index (χ4v) is 2.54. The minimum atomic E-state index is -0.963.